The molecule has 0 radical (unpaired) electrons. The van der Waals surface area contributed by atoms with E-state index in [-0.39, 0.29) is 11.7 Å². The van der Waals surface area contributed by atoms with E-state index in [1.54, 1.807) is 0 Å². The van der Waals surface area contributed by atoms with Crippen LogP contribution in [0, 0.1) is 0 Å². The normalized spacial score (nSPS) is 10.6. The molecule has 0 atom stereocenters. The highest BCUT2D eigenvalue weighted by atomic mass is 35.5. The van der Waals surface area contributed by atoms with Gasteiger partial charge in [-0.25, -0.2) is 4.98 Å². The first-order chi connectivity index (χ1) is 8.49. The van der Waals surface area contributed by atoms with Crippen LogP contribution >= 0.6 is 23.2 Å². The van der Waals surface area contributed by atoms with Gasteiger partial charge in [0.25, 0.3) is 0 Å². The highest BCUT2D eigenvalue weighted by Gasteiger charge is 2.07. The number of aromatic nitrogens is 3. The van der Waals surface area contributed by atoms with Gasteiger partial charge in [0.2, 0.25) is 0 Å². The maximum absolute atomic E-state index is 11.7. The van der Waals surface area contributed by atoms with Crippen LogP contribution in [0.1, 0.15) is 5.56 Å². The number of rotatable bonds is 2. The van der Waals surface area contributed by atoms with Gasteiger partial charge in [-0.2, -0.15) is 0 Å². The molecule has 2 aromatic rings. The predicted octanol–water partition coefficient (Wildman–Crippen LogP) is 1.30. The SMILES string of the molecule is Cn1ccn(Cc2cnc(Cl)cc2Cl)c(=O)c1=O. The first-order valence-electron chi connectivity index (χ1n) is 5.05. The highest BCUT2D eigenvalue weighted by molar-refractivity contribution is 6.34. The minimum absolute atomic E-state index is 0.178. The summed E-state index contributed by atoms with van der Waals surface area (Å²) in [6, 6.07) is 1.49. The van der Waals surface area contributed by atoms with Gasteiger partial charge >= 0.3 is 11.1 Å². The molecule has 0 aliphatic heterocycles. The van der Waals surface area contributed by atoms with E-state index in [4.69, 9.17) is 23.2 Å². The Balaban J connectivity index is 2.44. The zero-order valence-electron chi connectivity index (χ0n) is 9.43. The fourth-order valence-electron chi connectivity index (χ4n) is 1.45. The average Bonchev–Trinajstić information content (AvgIpc) is 2.33. The van der Waals surface area contributed by atoms with Crippen molar-refractivity contribution in [3.05, 3.63) is 61.1 Å². The van der Waals surface area contributed by atoms with Crippen molar-refractivity contribution in [1.82, 2.24) is 14.1 Å². The molecule has 2 rings (SSSR count). The molecule has 2 aromatic heterocycles. The molecule has 0 saturated carbocycles. The Morgan fingerprint density at radius 2 is 1.94 bits per heavy atom. The summed E-state index contributed by atoms with van der Waals surface area (Å²) in [7, 11) is 1.52. The van der Waals surface area contributed by atoms with Crippen molar-refractivity contribution in [2.45, 2.75) is 6.54 Å². The Labute approximate surface area is 112 Å². The number of hydrogen-bond donors (Lipinski definition) is 0. The molecule has 5 nitrogen and oxygen atoms in total. The lowest BCUT2D eigenvalue weighted by Gasteiger charge is -2.07. The minimum atomic E-state index is -0.606. The van der Waals surface area contributed by atoms with E-state index in [9.17, 15) is 9.59 Å². The third kappa shape index (κ3) is 2.47. The lowest BCUT2D eigenvalue weighted by molar-refractivity contribution is 0.694. The number of aryl methyl sites for hydroxylation is 1. The Morgan fingerprint density at radius 3 is 2.61 bits per heavy atom. The van der Waals surface area contributed by atoms with Crippen molar-refractivity contribution in [3.8, 4) is 0 Å². The summed E-state index contributed by atoms with van der Waals surface area (Å²) in [5.74, 6) is 0. The summed E-state index contributed by atoms with van der Waals surface area (Å²) < 4.78 is 2.50. The molecule has 0 aromatic carbocycles. The van der Waals surface area contributed by atoms with Crippen molar-refractivity contribution >= 4 is 23.2 Å². The van der Waals surface area contributed by atoms with Crippen molar-refractivity contribution in [1.29, 1.82) is 0 Å². The minimum Gasteiger partial charge on any atom is -0.312 e. The van der Waals surface area contributed by atoms with Crippen molar-refractivity contribution in [2.24, 2.45) is 7.05 Å². The largest absolute Gasteiger partial charge is 0.316 e. The van der Waals surface area contributed by atoms with E-state index < -0.39 is 11.1 Å². The first-order valence-corrected chi connectivity index (χ1v) is 5.80. The molecule has 0 bridgehead atoms. The van der Waals surface area contributed by atoms with Gasteiger partial charge < -0.3 is 9.13 Å². The standard InChI is InChI=1S/C11H9Cl2N3O2/c1-15-2-3-16(11(18)10(15)17)6-7-5-14-9(13)4-8(7)12/h2-5H,6H2,1H3. The molecule has 0 saturated heterocycles. The Bertz CT molecular complexity index is 706. The highest BCUT2D eigenvalue weighted by Crippen LogP contribution is 2.18. The molecule has 0 amide bonds. The third-order valence-electron chi connectivity index (χ3n) is 2.47. The molecule has 2 heterocycles. The van der Waals surface area contributed by atoms with E-state index in [0.29, 0.717) is 10.6 Å². The lowest BCUT2D eigenvalue weighted by atomic mass is 10.3. The Morgan fingerprint density at radius 1 is 1.22 bits per heavy atom. The zero-order chi connectivity index (χ0) is 13.3. The van der Waals surface area contributed by atoms with E-state index in [2.05, 4.69) is 4.98 Å². The van der Waals surface area contributed by atoms with Gasteiger partial charge in [0.1, 0.15) is 5.15 Å². The van der Waals surface area contributed by atoms with Gasteiger partial charge in [0.15, 0.2) is 0 Å². The van der Waals surface area contributed by atoms with E-state index in [1.807, 2.05) is 0 Å². The number of nitrogens with zero attached hydrogens (tertiary/aromatic N) is 3. The average molecular weight is 286 g/mol. The molecular weight excluding hydrogens is 277 g/mol. The first kappa shape index (κ1) is 12.9. The van der Waals surface area contributed by atoms with Crippen molar-refractivity contribution < 1.29 is 0 Å². The van der Waals surface area contributed by atoms with Crippen LogP contribution in [-0.2, 0) is 13.6 Å². The van der Waals surface area contributed by atoms with Crippen LogP contribution in [0.4, 0.5) is 0 Å². The smallest absolute Gasteiger partial charge is 0.312 e. The molecule has 94 valence electrons. The van der Waals surface area contributed by atoms with E-state index >= 15 is 0 Å². The molecule has 0 spiro atoms. The molecule has 7 heteroatoms. The lowest BCUT2D eigenvalue weighted by Crippen LogP contribution is -2.39. The summed E-state index contributed by atoms with van der Waals surface area (Å²) >= 11 is 11.7. The fraction of sp³-hybridized carbons (Fsp3) is 0.182. The second-order valence-electron chi connectivity index (χ2n) is 3.75. The predicted molar refractivity (Wildman–Crippen MR) is 69.3 cm³/mol. The van der Waals surface area contributed by atoms with Gasteiger partial charge in [0, 0.05) is 31.2 Å². The Kier molecular flexibility index (Phi) is 3.54. The third-order valence-corrected chi connectivity index (χ3v) is 3.03. The monoisotopic (exact) mass is 285 g/mol. The quantitative estimate of drug-likeness (QED) is 0.617. The molecule has 0 fully saturated rings. The van der Waals surface area contributed by atoms with Crippen LogP contribution in [0.3, 0.4) is 0 Å². The van der Waals surface area contributed by atoms with E-state index in [1.165, 1.54) is 40.8 Å². The molecule has 0 aliphatic carbocycles. The maximum atomic E-state index is 11.7. The molecular formula is C11H9Cl2N3O2. The second-order valence-corrected chi connectivity index (χ2v) is 4.54. The van der Waals surface area contributed by atoms with Crippen molar-refractivity contribution in [3.63, 3.8) is 0 Å². The van der Waals surface area contributed by atoms with Crippen LogP contribution in [0.15, 0.2) is 34.2 Å². The molecule has 0 N–H and O–H groups in total. The molecule has 0 unspecified atom stereocenters. The maximum Gasteiger partial charge on any atom is 0.316 e. The number of pyridine rings is 1. The van der Waals surface area contributed by atoms with Crippen LogP contribution in [0.5, 0.6) is 0 Å². The van der Waals surface area contributed by atoms with Crippen molar-refractivity contribution in [2.75, 3.05) is 0 Å². The van der Waals surface area contributed by atoms with Crippen LogP contribution in [0.2, 0.25) is 10.2 Å². The number of halogens is 2. The topological polar surface area (TPSA) is 56.9 Å². The fourth-order valence-corrected chi connectivity index (χ4v) is 1.88. The zero-order valence-corrected chi connectivity index (χ0v) is 10.9. The summed E-state index contributed by atoms with van der Waals surface area (Å²) in [4.78, 5) is 27.1. The summed E-state index contributed by atoms with van der Waals surface area (Å²) in [5, 5.41) is 0.683. The second kappa shape index (κ2) is 4.96. The summed E-state index contributed by atoms with van der Waals surface area (Å²) in [5.41, 5.74) is -0.571. The Hall–Kier alpha value is -1.59. The molecule has 0 aliphatic rings. The van der Waals surface area contributed by atoms with Crippen LogP contribution in [0.25, 0.3) is 0 Å². The van der Waals surface area contributed by atoms with Gasteiger partial charge in [-0.05, 0) is 6.07 Å². The summed E-state index contributed by atoms with van der Waals surface area (Å²) in [6.07, 6.45) is 4.52. The van der Waals surface area contributed by atoms with Crippen LogP contribution in [-0.4, -0.2) is 14.1 Å². The van der Waals surface area contributed by atoms with Gasteiger partial charge in [-0.3, -0.25) is 9.59 Å². The van der Waals surface area contributed by atoms with E-state index in [0.717, 1.165) is 0 Å². The van der Waals surface area contributed by atoms with Crippen LogP contribution < -0.4 is 11.1 Å². The van der Waals surface area contributed by atoms with Gasteiger partial charge in [0.05, 0.1) is 11.6 Å². The van der Waals surface area contributed by atoms with Gasteiger partial charge in [-0.15, -0.1) is 0 Å². The van der Waals surface area contributed by atoms with Gasteiger partial charge in [-0.1, -0.05) is 23.2 Å². The molecule has 18 heavy (non-hydrogen) atoms. The number of hydrogen-bond acceptors (Lipinski definition) is 3. The summed E-state index contributed by atoms with van der Waals surface area (Å²) in [6.45, 7) is 0.178.